The standard InChI is InChI=1S/C18H26N4O2.ClH/c23-17(20-16-9-4-10-19-12-16)14-6-5-11-22(13-14)18(24)21-15-7-2-1-3-8-15;/h1-3,7-8,14,16,19H,4-6,9-13H2,(H,20,23)(H,21,24);1H. The van der Waals surface area contributed by atoms with Crippen molar-refractivity contribution in [3.8, 4) is 0 Å². The van der Waals surface area contributed by atoms with Gasteiger partial charge in [-0.25, -0.2) is 4.79 Å². The highest BCUT2D eigenvalue weighted by Crippen LogP contribution is 2.18. The van der Waals surface area contributed by atoms with Crippen molar-refractivity contribution in [1.29, 1.82) is 0 Å². The fourth-order valence-electron chi connectivity index (χ4n) is 3.39. The summed E-state index contributed by atoms with van der Waals surface area (Å²) in [6, 6.07) is 9.51. The molecule has 0 spiro atoms. The summed E-state index contributed by atoms with van der Waals surface area (Å²) in [6.45, 7) is 3.07. The number of halogens is 1. The number of carbonyl (C=O) groups is 2. The van der Waals surface area contributed by atoms with Crippen LogP contribution in [0.4, 0.5) is 10.5 Å². The molecule has 0 saturated carbocycles. The van der Waals surface area contributed by atoms with E-state index in [9.17, 15) is 9.59 Å². The lowest BCUT2D eigenvalue weighted by Gasteiger charge is -2.33. The predicted molar refractivity (Wildman–Crippen MR) is 101 cm³/mol. The first-order valence-corrected chi connectivity index (χ1v) is 8.84. The summed E-state index contributed by atoms with van der Waals surface area (Å²) >= 11 is 0. The summed E-state index contributed by atoms with van der Waals surface area (Å²) in [5.74, 6) is -0.0249. The van der Waals surface area contributed by atoms with Crippen molar-refractivity contribution in [3.05, 3.63) is 30.3 Å². The third-order valence-electron chi connectivity index (χ3n) is 4.75. The van der Waals surface area contributed by atoms with Crippen LogP contribution in [0.2, 0.25) is 0 Å². The number of carbonyl (C=O) groups excluding carboxylic acids is 2. The number of anilines is 1. The Labute approximate surface area is 155 Å². The van der Waals surface area contributed by atoms with E-state index < -0.39 is 0 Å². The summed E-state index contributed by atoms with van der Waals surface area (Å²) in [7, 11) is 0. The van der Waals surface area contributed by atoms with Gasteiger partial charge in [0.2, 0.25) is 5.91 Å². The molecule has 25 heavy (non-hydrogen) atoms. The zero-order valence-corrected chi connectivity index (χ0v) is 15.2. The number of nitrogens with zero attached hydrogens (tertiary/aromatic N) is 1. The number of nitrogens with one attached hydrogen (secondary N) is 3. The largest absolute Gasteiger partial charge is 0.352 e. The van der Waals surface area contributed by atoms with Gasteiger partial charge in [-0.2, -0.15) is 0 Å². The number of para-hydroxylation sites is 1. The van der Waals surface area contributed by atoms with Crippen molar-refractivity contribution in [2.45, 2.75) is 31.7 Å². The van der Waals surface area contributed by atoms with Crippen LogP contribution in [0.15, 0.2) is 30.3 Å². The Morgan fingerprint density at radius 1 is 1.12 bits per heavy atom. The zero-order valence-electron chi connectivity index (χ0n) is 14.4. The van der Waals surface area contributed by atoms with Crippen LogP contribution in [0.5, 0.6) is 0 Å². The van der Waals surface area contributed by atoms with Crippen LogP contribution in [0.1, 0.15) is 25.7 Å². The minimum atomic E-state index is -0.127. The number of hydrogen-bond acceptors (Lipinski definition) is 3. The molecule has 0 aromatic heterocycles. The molecule has 0 aliphatic carbocycles. The molecular weight excluding hydrogens is 340 g/mol. The number of hydrogen-bond donors (Lipinski definition) is 3. The Morgan fingerprint density at radius 3 is 2.64 bits per heavy atom. The van der Waals surface area contributed by atoms with E-state index in [4.69, 9.17) is 0 Å². The summed E-state index contributed by atoms with van der Waals surface area (Å²) in [4.78, 5) is 26.6. The Hall–Kier alpha value is -1.79. The van der Waals surface area contributed by atoms with Gasteiger partial charge in [-0.15, -0.1) is 12.4 Å². The van der Waals surface area contributed by atoms with Crippen LogP contribution in [-0.4, -0.2) is 49.1 Å². The Kier molecular flexibility index (Phi) is 7.52. The Morgan fingerprint density at radius 2 is 1.92 bits per heavy atom. The number of benzene rings is 1. The van der Waals surface area contributed by atoms with Gasteiger partial charge in [0.1, 0.15) is 0 Å². The predicted octanol–water partition coefficient (Wildman–Crippen LogP) is 2.22. The van der Waals surface area contributed by atoms with Crippen molar-refractivity contribution in [1.82, 2.24) is 15.5 Å². The SMILES string of the molecule is Cl.O=C(NC1CCCNC1)C1CCCN(C(=O)Nc2ccccc2)C1. The van der Waals surface area contributed by atoms with Crippen molar-refractivity contribution in [2.24, 2.45) is 5.92 Å². The summed E-state index contributed by atoms with van der Waals surface area (Å²) in [6.07, 6.45) is 3.84. The maximum Gasteiger partial charge on any atom is 0.321 e. The molecule has 2 heterocycles. The maximum atomic E-state index is 12.5. The van der Waals surface area contributed by atoms with Crippen LogP contribution >= 0.6 is 12.4 Å². The summed E-state index contributed by atoms with van der Waals surface area (Å²) < 4.78 is 0. The second-order valence-electron chi connectivity index (χ2n) is 6.63. The van der Waals surface area contributed by atoms with Gasteiger partial charge < -0.3 is 20.9 Å². The van der Waals surface area contributed by atoms with Gasteiger partial charge in [0.05, 0.1) is 5.92 Å². The number of amides is 3. The molecule has 2 fully saturated rings. The molecule has 7 heteroatoms. The van der Waals surface area contributed by atoms with Crippen LogP contribution in [0.25, 0.3) is 0 Å². The van der Waals surface area contributed by atoms with Gasteiger partial charge in [-0.05, 0) is 44.4 Å². The van der Waals surface area contributed by atoms with Crippen LogP contribution < -0.4 is 16.0 Å². The molecule has 0 radical (unpaired) electrons. The molecule has 3 amide bonds. The van der Waals surface area contributed by atoms with E-state index in [-0.39, 0.29) is 36.3 Å². The molecule has 1 aromatic rings. The van der Waals surface area contributed by atoms with Crippen LogP contribution in [0.3, 0.4) is 0 Å². The monoisotopic (exact) mass is 366 g/mol. The number of likely N-dealkylation sites (tertiary alicyclic amines) is 1. The van der Waals surface area contributed by atoms with Crippen LogP contribution in [-0.2, 0) is 4.79 Å². The highest BCUT2D eigenvalue weighted by Gasteiger charge is 2.29. The molecular formula is C18H27ClN4O2. The number of piperidine rings is 2. The topological polar surface area (TPSA) is 73.5 Å². The second-order valence-corrected chi connectivity index (χ2v) is 6.63. The minimum Gasteiger partial charge on any atom is -0.352 e. The number of urea groups is 1. The van der Waals surface area contributed by atoms with Gasteiger partial charge in [-0.3, -0.25) is 4.79 Å². The van der Waals surface area contributed by atoms with Gasteiger partial charge in [0, 0.05) is 31.4 Å². The lowest BCUT2D eigenvalue weighted by atomic mass is 9.96. The van der Waals surface area contributed by atoms with E-state index in [2.05, 4.69) is 16.0 Å². The smallest absolute Gasteiger partial charge is 0.321 e. The van der Waals surface area contributed by atoms with E-state index in [0.29, 0.717) is 13.1 Å². The lowest BCUT2D eigenvalue weighted by molar-refractivity contribution is -0.127. The molecule has 6 nitrogen and oxygen atoms in total. The molecule has 3 N–H and O–H groups in total. The lowest BCUT2D eigenvalue weighted by Crippen LogP contribution is -2.51. The fourth-order valence-corrected chi connectivity index (χ4v) is 3.39. The van der Waals surface area contributed by atoms with E-state index in [1.165, 1.54) is 0 Å². The Balaban J connectivity index is 0.00000225. The van der Waals surface area contributed by atoms with Crippen LogP contribution in [0, 0.1) is 5.92 Å². The van der Waals surface area contributed by atoms with Crippen molar-refractivity contribution < 1.29 is 9.59 Å². The third-order valence-corrected chi connectivity index (χ3v) is 4.75. The van der Waals surface area contributed by atoms with Crippen molar-refractivity contribution in [2.75, 3.05) is 31.5 Å². The van der Waals surface area contributed by atoms with Gasteiger partial charge in [0.15, 0.2) is 0 Å². The first kappa shape index (κ1) is 19.5. The van der Waals surface area contributed by atoms with E-state index >= 15 is 0 Å². The van der Waals surface area contributed by atoms with Gasteiger partial charge in [-0.1, -0.05) is 18.2 Å². The molecule has 2 aliphatic rings. The zero-order chi connectivity index (χ0) is 16.8. The highest BCUT2D eigenvalue weighted by atomic mass is 35.5. The second kappa shape index (κ2) is 9.63. The molecule has 138 valence electrons. The molecule has 3 rings (SSSR count). The number of rotatable bonds is 3. The molecule has 2 unspecified atom stereocenters. The van der Waals surface area contributed by atoms with E-state index in [0.717, 1.165) is 44.5 Å². The molecule has 1 aromatic carbocycles. The molecule has 2 saturated heterocycles. The average molecular weight is 367 g/mol. The van der Waals surface area contributed by atoms with Gasteiger partial charge >= 0.3 is 6.03 Å². The third kappa shape index (κ3) is 5.61. The molecule has 2 aliphatic heterocycles. The first-order valence-electron chi connectivity index (χ1n) is 8.84. The quantitative estimate of drug-likeness (QED) is 0.768. The fraction of sp³-hybridized carbons (Fsp3) is 0.556. The minimum absolute atomic E-state index is 0. The highest BCUT2D eigenvalue weighted by molar-refractivity contribution is 5.90. The summed E-state index contributed by atoms with van der Waals surface area (Å²) in [5, 5.41) is 9.34. The first-order chi connectivity index (χ1) is 11.7. The average Bonchev–Trinajstić information content (AvgIpc) is 2.63. The molecule has 0 bridgehead atoms. The normalized spacial score (nSPS) is 23.3. The van der Waals surface area contributed by atoms with Crippen molar-refractivity contribution in [3.63, 3.8) is 0 Å². The summed E-state index contributed by atoms with van der Waals surface area (Å²) in [5.41, 5.74) is 0.780. The van der Waals surface area contributed by atoms with E-state index in [1.807, 2.05) is 30.3 Å². The Bertz CT molecular complexity index is 563. The molecule has 2 atom stereocenters. The van der Waals surface area contributed by atoms with E-state index in [1.54, 1.807) is 4.90 Å². The van der Waals surface area contributed by atoms with Gasteiger partial charge in [0.25, 0.3) is 0 Å². The maximum absolute atomic E-state index is 12.5. The van der Waals surface area contributed by atoms with Crippen molar-refractivity contribution >= 4 is 30.0 Å².